The average molecular weight is 467 g/mol. The van der Waals surface area contributed by atoms with Gasteiger partial charge in [0.1, 0.15) is 5.75 Å². The molecule has 34 heavy (non-hydrogen) atoms. The maximum absolute atomic E-state index is 11.7. The molecule has 0 radical (unpaired) electrons. The van der Waals surface area contributed by atoms with E-state index >= 15 is 0 Å². The van der Waals surface area contributed by atoms with E-state index in [0.29, 0.717) is 30.8 Å². The molecule has 0 aromatic heterocycles. The number of hydrogen-bond donors (Lipinski definition) is 1. The van der Waals surface area contributed by atoms with Crippen molar-refractivity contribution in [1.82, 2.24) is 10.2 Å². The normalized spacial score (nSPS) is 32.5. The van der Waals surface area contributed by atoms with Crippen molar-refractivity contribution in [1.29, 1.82) is 0 Å². The molecule has 5 rings (SSSR count). The molecule has 1 saturated heterocycles. The summed E-state index contributed by atoms with van der Waals surface area (Å²) in [5.74, 6) is 3.46. The van der Waals surface area contributed by atoms with Crippen molar-refractivity contribution in [2.24, 2.45) is 17.3 Å². The van der Waals surface area contributed by atoms with Gasteiger partial charge in [0.05, 0.1) is 7.11 Å². The number of nitrogens with one attached hydrogen (secondary N) is 1. The van der Waals surface area contributed by atoms with Crippen LogP contribution in [-0.4, -0.2) is 43.0 Å². The molecule has 1 heterocycles. The molecule has 0 spiro atoms. The first kappa shape index (κ1) is 23.8. The van der Waals surface area contributed by atoms with E-state index in [0.717, 1.165) is 42.9 Å². The molecule has 0 bridgehead atoms. The van der Waals surface area contributed by atoms with E-state index in [1.165, 1.54) is 61.8 Å². The molecular weight excluding hydrogens is 424 g/mol. The van der Waals surface area contributed by atoms with Crippen molar-refractivity contribution in [2.75, 3.05) is 20.2 Å². The third-order valence-electron chi connectivity index (χ3n) is 9.79. The quantitative estimate of drug-likeness (QED) is 0.400. The number of hydrogen-bond acceptors (Lipinski definition) is 4. The van der Waals surface area contributed by atoms with Gasteiger partial charge in [-0.25, -0.2) is 0 Å². The summed E-state index contributed by atoms with van der Waals surface area (Å²) in [5, 5.41) is 3.96. The zero-order valence-corrected chi connectivity index (χ0v) is 21.1. The van der Waals surface area contributed by atoms with E-state index in [9.17, 15) is 9.59 Å². The van der Waals surface area contributed by atoms with Gasteiger partial charge in [-0.15, -0.1) is 0 Å². The highest BCUT2D eigenvalue weighted by molar-refractivity contribution is 6.01. The molecule has 5 nitrogen and oxygen atoms in total. The summed E-state index contributed by atoms with van der Waals surface area (Å²) in [5.41, 5.74) is 3.56. The highest BCUT2D eigenvalue weighted by Gasteiger charge is 2.54. The Kier molecular flexibility index (Phi) is 7.02. The molecule has 1 N–H and O–H groups in total. The summed E-state index contributed by atoms with van der Waals surface area (Å²) in [6, 6.07) is 7.44. The Morgan fingerprint density at radius 1 is 1.00 bits per heavy atom. The summed E-state index contributed by atoms with van der Waals surface area (Å²) in [6.45, 7) is 4.28. The lowest BCUT2D eigenvalue weighted by Gasteiger charge is -2.51. The molecule has 2 saturated carbocycles. The molecule has 4 aliphatic rings. The van der Waals surface area contributed by atoms with Gasteiger partial charge in [-0.05, 0) is 104 Å². The lowest BCUT2D eigenvalue weighted by atomic mass is 9.55. The number of methoxy groups -OCH3 is 1. The number of carbonyl (C=O) groups is 2. The van der Waals surface area contributed by atoms with Gasteiger partial charge >= 0.3 is 0 Å². The van der Waals surface area contributed by atoms with Crippen molar-refractivity contribution >= 4 is 11.8 Å². The lowest BCUT2D eigenvalue weighted by molar-refractivity contribution is -0.138. The van der Waals surface area contributed by atoms with Gasteiger partial charge in [0.25, 0.3) is 0 Å². The van der Waals surface area contributed by atoms with Gasteiger partial charge in [-0.1, -0.05) is 25.8 Å². The standard InChI is InChI=1S/C29H42N2O3/c1-29-16-15-23-22-10-8-21(34-2)19-20(22)7-9-24(23)25(29)11-12-26(29)30-17-5-3-4-6-18-31-27(32)13-14-28(31)33/h8,10,19,23-26,30H,3-7,9,11-18H2,1-2H3/t23?,24?,25?,26-,29-/m0/s1. The summed E-state index contributed by atoms with van der Waals surface area (Å²) in [4.78, 5) is 24.9. The van der Waals surface area contributed by atoms with E-state index in [-0.39, 0.29) is 11.8 Å². The second kappa shape index (κ2) is 10.0. The highest BCUT2D eigenvalue weighted by atomic mass is 16.5. The Hall–Kier alpha value is -1.88. The smallest absolute Gasteiger partial charge is 0.229 e. The van der Waals surface area contributed by atoms with Crippen LogP contribution in [0, 0.1) is 17.3 Å². The third kappa shape index (κ3) is 4.41. The molecule has 1 aromatic carbocycles. The molecule has 186 valence electrons. The molecule has 3 aliphatic carbocycles. The first-order valence-corrected chi connectivity index (χ1v) is 13.7. The second-order valence-electron chi connectivity index (χ2n) is 11.5. The Morgan fingerprint density at radius 2 is 1.79 bits per heavy atom. The minimum atomic E-state index is 0.0200. The summed E-state index contributed by atoms with van der Waals surface area (Å²) in [6.07, 6.45) is 13.1. The SMILES string of the molecule is COc1ccc2c(c1)CCC1C2CC[C@@]2(C)C1CC[C@@H]2NCCCCCCN1C(=O)CCC1=O. The number of aryl methyl sites for hydroxylation is 1. The van der Waals surface area contributed by atoms with Gasteiger partial charge in [-0.2, -0.15) is 0 Å². The Labute approximate surface area is 205 Å². The molecule has 1 aromatic rings. The van der Waals surface area contributed by atoms with Gasteiger partial charge in [0.2, 0.25) is 11.8 Å². The first-order valence-electron chi connectivity index (χ1n) is 13.7. The number of carbonyl (C=O) groups excluding carboxylic acids is 2. The van der Waals surface area contributed by atoms with E-state index in [1.807, 2.05) is 0 Å². The first-order chi connectivity index (χ1) is 16.5. The fourth-order valence-electron chi connectivity index (χ4n) is 7.92. The predicted molar refractivity (Wildman–Crippen MR) is 134 cm³/mol. The number of imide groups is 1. The van der Waals surface area contributed by atoms with Gasteiger partial charge < -0.3 is 10.1 Å². The van der Waals surface area contributed by atoms with E-state index in [1.54, 1.807) is 12.7 Å². The van der Waals surface area contributed by atoms with Crippen LogP contribution in [0.5, 0.6) is 5.75 Å². The molecular formula is C29H42N2O3. The highest BCUT2D eigenvalue weighted by Crippen LogP contribution is 2.61. The van der Waals surface area contributed by atoms with E-state index in [2.05, 4.69) is 30.4 Å². The maximum Gasteiger partial charge on any atom is 0.229 e. The number of fused-ring (bicyclic) bond motifs is 5. The van der Waals surface area contributed by atoms with Crippen LogP contribution >= 0.6 is 0 Å². The molecule has 2 amide bonds. The van der Waals surface area contributed by atoms with E-state index < -0.39 is 0 Å². The minimum Gasteiger partial charge on any atom is -0.497 e. The van der Waals surface area contributed by atoms with Crippen molar-refractivity contribution in [3.8, 4) is 5.75 Å². The van der Waals surface area contributed by atoms with Gasteiger partial charge in [0.15, 0.2) is 0 Å². The van der Waals surface area contributed by atoms with Crippen LogP contribution < -0.4 is 10.1 Å². The number of benzene rings is 1. The summed E-state index contributed by atoms with van der Waals surface area (Å²) >= 11 is 0. The van der Waals surface area contributed by atoms with Crippen LogP contribution in [0.3, 0.4) is 0 Å². The van der Waals surface area contributed by atoms with Crippen LogP contribution in [0.15, 0.2) is 18.2 Å². The fraction of sp³-hybridized carbons (Fsp3) is 0.724. The molecule has 3 fully saturated rings. The minimum absolute atomic E-state index is 0.0200. The Balaban J connectivity index is 1.08. The van der Waals surface area contributed by atoms with Crippen LogP contribution in [0.1, 0.15) is 94.6 Å². The van der Waals surface area contributed by atoms with Crippen LogP contribution in [0.2, 0.25) is 0 Å². The topological polar surface area (TPSA) is 58.6 Å². The van der Waals surface area contributed by atoms with Crippen LogP contribution in [0.25, 0.3) is 0 Å². The van der Waals surface area contributed by atoms with Crippen molar-refractivity contribution in [2.45, 2.75) is 95.9 Å². The third-order valence-corrected chi connectivity index (χ3v) is 9.79. The zero-order chi connectivity index (χ0) is 23.7. The number of likely N-dealkylation sites (tertiary alicyclic amines) is 1. The van der Waals surface area contributed by atoms with Crippen LogP contribution in [-0.2, 0) is 16.0 Å². The number of rotatable bonds is 9. The van der Waals surface area contributed by atoms with Gasteiger partial charge in [-0.3, -0.25) is 14.5 Å². The number of ether oxygens (including phenoxy) is 1. The van der Waals surface area contributed by atoms with Crippen molar-refractivity contribution in [3.05, 3.63) is 29.3 Å². The summed E-state index contributed by atoms with van der Waals surface area (Å²) in [7, 11) is 1.77. The molecule has 1 aliphatic heterocycles. The zero-order valence-electron chi connectivity index (χ0n) is 21.1. The van der Waals surface area contributed by atoms with E-state index in [4.69, 9.17) is 4.74 Å². The van der Waals surface area contributed by atoms with Crippen molar-refractivity contribution < 1.29 is 14.3 Å². The lowest BCUT2D eigenvalue weighted by Crippen LogP contribution is -2.48. The van der Waals surface area contributed by atoms with Gasteiger partial charge in [0, 0.05) is 25.4 Å². The molecule has 3 unspecified atom stereocenters. The fourth-order valence-corrected chi connectivity index (χ4v) is 7.92. The Morgan fingerprint density at radius 3 is 2.59 bits per heavy atom. The van der Waals surface area contributed by atoms with Crippen LogP contribution in [0.4, 0.5) is 0 Å². The molecule has 5 heteroatoms. The molecule has 5 atom stereocenters. The Bertz CT molecular complexity index is 899. The maximum atomic E-state index is 11.7. The van der Waals surface area contributed by atoms with Crippen molar-refractivity contribution in [3.63, 3.8) is 0 Å². The number of unbranched alkanes of at least 4 members (excludes halogenated alkanes) is 3. The average Bonchev–Trinajstić information content (AvgIpc) is 3.36. The summed E-state index contributed by atoms with van der Waals surface area (Å²) < 4.78 is 5.48. The largest absolute Gasteiger partial charge is 0.497 e. The number of nitrogens with zero attached hydrogens (tertiary/aromatic N) is 1. The second-order valence-corrected chi connectivity index (χ2v) is 11.5. The predicted octanol–water partition coefficient (Wildman–Crippen LogP) is 5.22. The number of amides is 2. The monoisotopic (exact) mass is 466 g/mol.